The molecule has 0 fully saturated rings. The molecule has 5 aromatic rings. The molecule has 5 aromatic carbocycles. The summed E-state index contributed by atoms with van der Waals surface area (Å²) in [6.45, 7) is 21.8. The van der Waals surface area contributed by atoms with Crippen LogP contribution >= 0.6 is 0 Å². The first-order valence-corrected chi connectivity index (χ1v) is 8.85. The Labute approximate surface area is 170 Å². The predicted octanol–water partition coefficient (Wildman–Crippen LogP) is 5.07. The van der Waals surface area contributed by atoms with E-state index in [0.717, 1.165) is 43.1 Å². The topological polar surface area (TPSA) is 61.6 Å². The summed E-state index contributed by atoms with van der Waals surface area (Å²) in [5.74, 6) is 0. The third kappa shape index (κ3) is 2.20. The zero-order valence-corrected chi connectivity index (χ0v) is 15.3. The average Bonchev–Trinajstić information content (AvgIpc) is 3.24. The Balaban J connectivity index is 2.09. The summed E-state index contributed by atoms with van der Waals surface area (Å²) in [5, 5.41) is 25.0. The van der Waals surface area contributed by atoms with Crippen molar-refractivity contribution in [1.82, 2.24) is 0 Å². The van der Waals surface area contributed by atoms with Gasteiger partial charge in [0.2, 0.25) is 0 Å². The molecule has 0 saturated heterocycles. The lowest BCUT2D eigenvalue weighted by Crippen LogP contribution is -2.00. The highest BCUT2D eigenvalue weighted by Crippen LogP contribution is 2.33. The molecule has 0 aliphatic heterocycles. The van der Waals surface area contributed by atoms with Crippen LogP contribution in [0.25, 0.3) is 57.8 Å². The molecule has 0 aliphatic rings. The third-order valence-electron chi connectivity index (χ3n) is 5.34. The second kappa shape index (κ2) is 6.25. The number of fused-ring (bicyclic) bond motifs is 6. The van der Waals surface area contributed by atoms with Crippen molar-refractivity contribution >= 4 is 48.8 Å². The SMILES string of the molecule is [C-]#[N+]/N=c1\c2cc(C#N)ccc2c2cc3c(cc12)/c(=N\[N+]#[C-])c1cc([N+]#[C-])ccc13. The molecule has 0 atom stereocenters. The largest absolute Gasteiger partial charge is 0.238 e. The normalized spacial score (nSPS) is 12.3. The highest BCUT2D eigenvalue weighted by atomic mass is 15.2. The van der Waals surface area contributed by atoms with E-state index in [-0.39, 0.29) is 0 Å². The van der Waals surface area contributed by atoms with Crippen LogP contribution in [0.2, 0.25) is 0 Å². The van der Waals surface area contributed by atoms with E-state index in [1.807, 2.05) is 24.3 Å². The summed E-state index contributed by atoms with van der Waals surface area (Å²) in [6.07, 6.45) is 0. The maximum Gasteiger partial charge on any atom is 0.187 e. The fourth-order valence-corrected chi connectivity index (χ4v) is 4.12. The second-order valence-electron chi connectivity index (χ2n) is 6.75. The Morgan fingerprint density at radius 2 is 1.17 bits per heavy atom. The molecule has 6 nitrogen and oxygen atoms in total. The number of nitriles is 1. The van der Waals surface area contributed by atoms with Crippen molar-refractivity contribution in [2.45, 2.75) is 0 Å². The number of hydrogen-bond acceptors (Lipinski definition) is 3. The third-order valence-corrected chi connectivity index (χ3v) is 5.34. The Bertz CT molecular complexity index is 1700. The summed E-state index contributed by atoms with van der Waals surface area (Å²) in [7, 11) is 0. The lowest BCUT2D eigenvalue weighted by atomic mass is 10.1. The van der Waals surface area contributed by atoms with Gasteiger partial charge in [-0.05, 0) is 51.9 Å². The van der Waals surface area contributed by atoms with Crippen molar-refractivity contribution in [2.24, 2.45) is 10.2 Å². The van der Waals surface area contributed by atoms with Crippen LogP contribution in [0.15, 0.2) is 58.7 Å². The van der Waals surface area contributed by atoms with Crippen LogP contribution in [0, 0.1) is 31.0 Å². The zero-order chi connectivity index (χ0) is 20.8. The van der Waals surface area contributed by atoms with Crippen LogP contribution in [0.3, 0.4) is 0 Å². The van der Waals surface area contributed by atoms with Gasteiger partial charge in [-0.25, -0.2) is 4.85 Å². The van der Waals surface area contributed by atoms with E-state index in [2.05, 4.69) is 31.0 Å². The molecule has 0 heterocycles. The van der Waals surface area contributed by atoms with Gasteiger partial charge >= 0.3 is 0 Å². The minimum atomic E-state index is 0.483. The molecule has 5 rings (SSSR count). The van der Waals surface area contributed by atoms with E-state index in [4.69, 9.17) is 19.7 Å². The molecule has 0 bridgehead atoms. The van der Waals surface area contributed by atoms with Gasteiger partial charge in [-0.1, -0.05) is 18.2 Å². The van der Waals surface area contributed by atoms with Gasteiger partial charge in [-0.15, -0.1) is 9.91 Å². The van der Waals surface area contributed by atoms with Crippen LogP contribution < -0.4 is 10.7 Å². The second-order valence-corrected chi connectivity index (χ2v) is 6.75. The summed E-state index contributed by atoms with van der Waals surface area (Å²) in [4.78, 5) is 9.94. The molecule has 30 heavy (non-hydrogen) atoms. The van der Waals surface area contributed by atoms with Crippen LogP contribution in [-0.4, -0.2) is 0 Å². The van der Waals surface area contributed by atoms with Gasteiger partial charge in [0.1, 0.15) is 0 Å². The summed E-state index contributed by atoms with van der Waals surface area (Å²) >= 11 is 0. The van der Waals surface area contributed by atoms with Crippen molar-refractivity contribution in [3.05, 3.63) is 99.3 Å². The lowest BCUT2D eigenvalue weighted by Gasteiger charge is -1.96. The molecule has 0 N–H and O–H groups in total. The molecule has 0 amide bonds. The standard InChI is InChI=1S/C24H8N6/c1-26-14-5-7-16-18-10-17-15-6-4-13(12-25)8-19(15)23(29-27-2)21(17)11-22(18)24(30-28-3)20(16)9-14/h4-11H/b29-23+,30-24-. The quantitative estimate of drug-likeness (QED) is 0.273. The summed E-state index contributed by atoms with van der Waals surface area (Å²) in [5.41, 5.74) is 0.982. The molecule has 0 aromatic heterocycles. The maximum atomic E-state index is 9.27. The van der Waals surface area contributed by atoms with Gasteiger partial charge in [0.05, 0.1) is 28.4 Å². The molecular formula is C24H8N6. The van der Waals surface area contributed by atoms with Gasteiger partial charge in [-0.3, -0.25) is 0 Å². The van der Waals surface area contributed by atoms with E-state index in [1.165, 1.54) is 0 Å². The van der Waals surface area contributed by atoms with Gasteiger partial charge in [0.25, 0.3) is 0 Å². The highest BCUT2D eigenvalue weighted by molar-refractivity contribution is 6.21. The molecular weight excluding hydrogens is 372 g/mol. The van der Waals surface area contributed by atoms with E-state index in [0.29, 0.717) is 22.0 Å². The molecule has 0 spiro atoms. The number of benzene rings is 3. The van der Waals surface area contributed by atoms with E-state index >= 15 is 0 Å². The Kier molecular flexibility index (Phi) is 3.56. The predicted molar refractivity (Wildman–Crippen MR) is 114 cm³/mol. The first-order chi connectivity index (χ1) is 14.7. The van der Waals surface area contributed by atoms with Gasteiger partial charge in [0, 0.05) is 21.5 Å². The number of hydrogen-bond donors (Lipinski definition) is 0. The Hall–Kier alpha value is -5.04. The maximum absolute atomic E-state index is 9.27. The zero-order valence-electron chi connectivity index (χ0n) is 15.3. The highest BCUT2D eigenvalue weighted by Gasteiger charge is 2.17. The minimum absolute atomic E-state index is 0.483. The average molecular weight is 380 g/mol. The monoisotopic (exact) mass is 380 g/mol. The van der Waals surface area contributed by atoms with Crippen molar-refractivity contribution in [3.63, 3.8) is 0 Å². The van der Waals surface area contributed by atoms with Crippen LogP contribution in [0.5, 0.6) is 0 Å². The fraction of sp³-hybridized carbons (Fsp3) is 0. The molecule has 0 aliphatic carbocycles. The van der Waals surface area contributed by atoms with Crippen molar-refractivity contribution in [1.29, 1.82) is 5.26 Å². The minimum Gasteiger partial charge on any atom is -0.238 e. The van der Waals surface area contributed by atoms with Gasteiger partial charge in [-0.2, -0.15) is 18.4 Å². The smallest absolute Gasteiger partial charge is 0.187 e. The molecule has 6 heteroatoms. The molecule has 0 radical (unpaired) electrons. The fourth-order valence-electron chi connectivity index (χ4n) is 4.12. The lowest BCUT2D eigenvalue weighted by molar-refractivity contribution is 1.41. The molecule has 0 unspecified atom stereocenters. The van der Waals surface area contributed by atoms with E-state index in [1.54, 1.807) is 24.3 Å². The van der Waals surface area contributed by atoms with Crippen LogP contribution in [-0.2, 0) is 0 Å². The summed E-state index contributed by atoms with van der Waals surface area (Å²) < 4.78 is 0. The van der Waals surface area contributed by atoms with Crippen LogP contribution in [0.4, 0.5) is 5.69 Å². The number of rotatable bonds is 0. The van der Waals surface area contributed by atoms with Crippen LogP contribution in [0.1, 0.15) is 5.56 Å². The Morgan fingerprint density at radius 3 is 1.73 bits per heavy atom. The van der Waals surface area contributed by atoms with E-state index in [9.17, 15) is 5.26 Å². The number of nitrogens with zero attached hydrogens (tertiary/aromatic N) is 6. The molecule has 0 saturated carbocycles. The van der Waals surface area contributed by atoms with Crippen molar-refractivity contribution in [2.75, 3.05) is 0 Å². The summed E-state index contributed by atoms with van der Waals surface area (Å²) in [6, 6.07) is 16.8. The molecule has 134 valence electrons. The van der Waals surface area contributed by atoms with E-state index < -0.39 is 0 Å². The van der Waals surface area contributed by atoms with Gasteiger partial charge < -0.3 is 0 Å². The van der Waals surface area contributed by atoms with Crippen molar-refractivity contribution in [3.8, 4) is 6.07 Å². The van der Waals surface area contributed by atoms with Gasteiger partial charge in [0.15, 0.2) is 16.4 Å². The van der Waals surface area contributed by atoms with Crippen molar-refractivity contribution < 1.29 is 0 Å². The first kappa shape index (κ1) is 17.1. The Morgan fingerprint density at radius 1 is 0.633 bits per heavy atom. The first-order valence-electron chi connectivity index (χ1n) is 8.85.